The first-order valence-electron chi connectivity index (χ1n) is 7.40. The van der Waals surface area contributed by atoms with Crippen molar-refractivity contribution < 1.29 is 9.53 Å². The lowest BCUT2D eigenvalue weighted by Crippen LogP contribution is -2.41. The summed E-state index contributed by atoms with van der Waals surface area (Å²) in [5.74, 6) is 0.186. The summed E-state index contributed by atoms with van der Waals surface area (Å²) in [5, 5.41) is 4.24. The molecule has 116 valence electrons. The highest BCUT2D eigenvalue weighted by molar-refractivity contribution is 6.30. The van der Waals surface area contributed by atoms with E-state index in [2.05, 4.69) is 5.32 Å². The van der Waals surface area contributed by atoms with Crippen molar-refractivity contribution >= 4 is 17.5 Å². The molecule has 2 rings (SSSR count). The number of carbonyl (C=O) groups is 1. The Kier molecular flexibility index (Phi) is 6.03. The third kappa shape index (κ3) is 4.99. The summed E-state index contributed by atoms with van der Waals surface area (Å²) >= 11 is 5.97. The van der Waals surface area contributed by atoms with Gasteiger partial charge in [0.25, 0.3) is 0 Å². The molecule has 1 atom stereocenters. The van der Waals surface area contributed by atoms with Crippen molar-refractivity contribution in [3.8, 4) is 0 Å². The summed E-state index contributed by atoms with van der Waals surface area (Å²) < 4.78 is 5.39. The lowest BCUT2D eigenvalue weighted by Gasteiger charge is -2.30. The Hall–Kier alpha value is -1.10. The monoisotopic (exact) mass is 310 g/mol. The van der Waals surface area contributed by atoms with Gasteiger partial charge in [-0.25, -0.2) is 0 Å². The SMILES string of the molecule is Cc1cc(Cl)ccc1CNC(CC(N)=O)C1CCOCC1. The maximum Gasteiger partial charge on any atom is 0.218 e. The smallest absolute Gasteiger partial charge is 0.218 e. The molecule has 1 heterocycles. The highest BCUT2D eigenvalue weighted by Crippen LogP contribution is 2.22. The molecule has 1 aliphatic rings. The third-order valence-corrected chi connectivity index (χ3v) is 4.35. The minimum absolute atomic E-state index is 0.112. The fraction of sp³-hybridized carbons (Fsp3) is 0.562. The van der Waals surface area contributed by atoms with Gasteiger partial charge in [-0.3, -0.25) is 4.79 Å². The first kappa shape index (κ1) is 16.3. The maximum absolute atomic E-state index is 11.3. The highest BCUT2D eigenvalue weighted by Gasteiger charge is 2.25. The Morgan fingerprint density at radius 3 is 2.81 bits per heavy atom. The molecular formula is C16H23ClN2O2. The predicted molar refractivity (Wildman–Crippen MR) is 84.2 cm³/mol. The summed E-state index contributed by atoms with van der Waals surface area (Å²) in [4.78, 5) is 11.3. The van der Waals surface area contributed by atoms with Crippen LogP contribution in [0.5, 0.6) is 0 Å². The maximum atomic E-state index is 11.3. The van der Waals surface area contributed by atoms with E-state index in [1.54, 1.807) is 0 Å². The zero-order valence-corrected chi connectivity index (χ0v) is 13.2. The molecule has 0 saturated carbocycles. The number of primary amides is 1. The zero-order valence-electron chi connectivity index (χ0n) is 12.4. The number of benzene rings is 1. The standard InChI is InChI=1S/C16H23ClN2O2/c1-11-8-14(17)3-2-13(11)10-19-15(9-16(18)20)12-4-6-21-7-5-12/h2-3,8,12,15,19H,4-7,9-10H2,1H3,(H2,18,20). The molecule has 1 aromatic rings. The number of rotatable bonds is 6. The number of hydrogen-bond donors (Lipinski definition) is 2. The van der Waals surface area contributed by atoms with Crippen molar-refractivity contribution in [2.75, 3.05) is 13.2 Å². The molecule has 1 fully saturated rings. The molecular weight excluding hydrogens is 288 g/mol. The zero-order chi connectivity index (χ0) is 15.2. The largest absolute Gasteiger partial charge is 0.381 e. The summed E-state index contributed by atoms with van der Waals surface area (Å²) in [5.41, 5.74) is 7.74. The van der Waals surface area contributed by atoms with E-state index in [0.717, 1.165) is 43.2 Å². The Morgan fingerprint density at radius 2 is 2.19 bits per heavy atom. The highest BCUT2D eigenvalue weighted by atomic mass is 35.5. The molecule has 4 nitrogen and oxygen atoms in total. The van der Waals surface area contributed by atoms with Crippen LogP contribution in [0.15, 0.2) is 18.2 Å². The van der Waals surface area contributed by atoms with E-state index in [1.165, 1.54) is 5.56 Å². The number of amides is 1. The van der Waals surface area contributed by atoms with E-state index in [9.17, 15) is 4.79 Å². The number of ether oxygens (including phenoxy) is 1. The molecule has 1 unspecified atom stereocenters. The van der Waals surface area contributed by atoms with Gasteiger partial charge in [0.1, 0.15) is 0 Å². The first-order chi connectivity index (χ1) is 10.1. The van der Waals surface area contributed by atoms with E-state index in [-0.39, 0.29) is 11.9 Å². The molecule has 5 heteroatoms. The van der Waals surface area contributed by atoms with Crippen LogP contribution in [-0.4, -0.2) is 25.2 Å². The van der Waals surface area contributed by atoms with Crippen molar-refractivity contribution in [3.63, 3.8) is 0 Å². The lowest BCUT2D eigenvalue weighted by atomic mass is 9.89. The molecule has 1 amide bonds. The number of aryl methyl sites for hydroxylation is 1. The van der Waals surface area contributed by atoms with Gasteiger partial charge in [-0.05, 0) is 48.9 Å². The normalized spacial score (nSPS) is 17.6. The summed E-state index contributed by atoms with van der Waals surface area (Å²) in [7, 11) is 0. The van der Waals surface area contributed by atoms with Gasteiger partial charge in [0.15, 0.2) is 0 Å². The number of nitrogens with one attached hydrogen (secondary N) is 1. The predicted octanol–water partition coefficient (Wildman–Crippen LogP) is 2.41. The molecule has 0 radical (unpaired) electrons. The molecule has 0 aromatic heterocycles. The molecule has 3 N–H and O–H groups in total. The Bertz CT molecular complexity index is 487. The molecule has 1 saturated heterocycles. The van der Waals surface area contributed by atoms with Crippen LogP contribution in [0, 0.1) is 12.8 Å². The van der Waals surface area contributed by atoms with Gasteiger partial charge < -0.3 is 15.8 Å². The fourth-order valence-corrected chi connectivity index (χ4v) is 3.07. The molecule has 0 bridgehead atoms. The molecule has 0 aliphatic carbocycles. The van der Waals surface area contributed by atoms with Gasteiger partial charge >= 0.3 is 0 Å². The summed E-state index contributed by atoms with van der Waals surface area (Å²) in [6, 6.07) is 5.98. The second-order valence-electron chi connectivity index (χ2n) is 5.68. The van der Waals surface area contributed by atoms with Crippen LogP contribution in [0.25, 0.3) is 0 Å². The van der Waals surface area contributed by atoms with Crippen molar-refractivity contribution in [2.45, 2.75) is 38.8 Å². The van der Waals surface area contributed by atoms with Gasteiger partial charge in [0.2, 0.25) is 5.91 Å². The van der Waals surface area contributed by atoms with Gasteiger partial charge in [0, 0.05) is 37.2 Å². The van der Waals surface area contributed by atoms with E-state index >= 15 is 0 Å². The van der Waals surface area contributed by atoms with Gasteiger partial charge in [-0.15, -0.1) is 0 Å². The topological polar surface area (TPSA) is 64.3 Å². The first-order valence-corrected chi connectivity index (χ1v) is 7.78. The summed E-state index contributed by atoms with van der Waals surface area (Å²) in [6.45, 7) is 4.29. The second-order valence-corrected chi connectivity index (χ2v) is 6.11. The van der Waals surface area contributed by atoms with Crippen LogP contribution < -0.4 is 11.1 Å². The third-order valence-electron chi connectivity index (χ3n) is 4.12. The van der Waals surface area contributed by atoms with Crippen LogP contribution in [-0.2, 0) is 16.1 Å². The van der Waals surface area contributed by atoms with Crippen molar-refractivity contribution in [1.82, 2.24) is 5.32 Å². The molecule has 1 aromatic carbocycles. The van der Waals surface area contributed by atoms with E-state index < -0.39 is 0 Å². The quantitative estimate of drug-likeness (QED) is 0.848. The van der Waals surface area contributed by atoms with E-state index in [1.807, 2.05) is 25.1 Å². The average Bonchev–Trinajstić information content (AvgIpc) is 2.45. The number of carbonyl (C=O) groups excluding carboxylic acids is 1. The minimum Gasteiger partial charge on any atom is -0.381 e. The fourth-order valence-electron chi connectivity index (χ4n) is 2.84. The van der Waals surface area contributed by atoms with Crippen molar-refractivity contribution in [1.29, 1.82) is 0 Å². The molecule has 1 aliphatic heterocycles. The summed E-state index contributed by atoms with van der Waals surface area (Å²) in [6.07, 6.45) is 2.33. The Morgan fingerprint density at radius 1 is 1.48 bits per heavy atom. The Labute approximate surface area is 131 Å². The van der Waals surface area contributed by atoms with Gasteiger partial charge in [-0.1, -0.05) is 17.7 Å². The Balaban J connectivity index is 1.98. The van der Waals surface area contributed by atoms with Crippen LogP contribution in [0.4, 0.5) is 0 Å². The van der Waals surface area contributed by atoms with Crippen LogP contribution in [0.3, 0.4) is 0 Å². The minimum atomic E-state index is -0.258. The van der Waals surface area contributed by atoms with E-state index in [4.69, 9.17) is 22.1 Å². The van der Waals surface area contributed by atoms with Crippen LogP contribution in [0.1, 0.15) is 30.4 Å². The number of nitrogens with two attached hydrogens (primary N) is 1. The average molecular weight is 311 g/mol. The second kappa shape index (κ2) is 7.78. The lowest BCUT2D eigenvalue weighted by molar-refractivity contribution is -0.119. The van der Waals surface area contributed by atoms with Gasteiger partial charge in [-0.2, -0.15) is 0 Å². The van der Waals surface area contributed by atoms with Gasteiger partial charge in [0.05, 0.1) is 0 Å². The molecule has 0 spiro atoms. The van der Waals surface area contributed by atoms with E-state index in [0.29, 0.717) is 12.3 Å². The molecule has 21 heavy (non-hydrogen) atoms. The van der Waals surface area contributed by atoms with Crippen LogP contribution >= 0.6 is 11.6 Å². The van der Waals surface area contributed by atoms with Crippen molar-refractivity contribution in [3.05, 3.63) is 34.3 Å². The van der Waals surface area contributed by atoms with Crippen molar-refractivity contribution in [2.24, 2.45) is 11.7 Å². The number of hydrogen-bond acceptors (Lipinski definition) is 3. The van der Waals surface area contributed by atoms with Crippen LogP contribution in [0.2, 0.25) is 5.02 Å². The number of halogens is 1.